The van der Waals surface area contributed by atoms with E-state index in [1.807, 2.05) is 0 Å². The van der Waals surface area contributed by atoms with E-state index in [9.17, 15) is 21.8 Å². The minimum atomic E-state index is -4.65. The number of benzene rings is 1. The molecule has 0 radical (unpaired) electrons. The molecular formula is C14H9Cl2F2N7O3S. The first kappa shape index (κ1) is 21.0. The standard InChI is InChI=1S/C14H9Cl2F2N7O3S/c1-5-19-12(16)25-14(20-5)22-7-4-6(2-3-8(7)29(26,27)28)21-11-9(15)10(17)23-13(18)24-11/h2-4H,1H3,(H,21,23,24)(H,26,27,28)(H,19,20,22,25). The zero-order chi connectivity index (χ0) is 21.3. The van der Waals surface area contributed by atoms with Crippen molar-refractivity contribution < 1.29 is 21.8 Å². The van der Waals surface area contributed by atoms with Crippen molar-refractivity contribution in [2.75, 3.05) is 10.6 Å². The van der Waals surface area contributed by atoms with E-state index in [1.165, 1.54) is 19.1 Å². The highest BCUT2D eigenvalue weighted by molar-refractivity contribution is 7.86. The van der Waals surface area contributed by atoms with Gasteiger partial charge < -0.3 is 10.6 Å². The van der Waals surface area contributed by atoms with E-state index >= 15 is 0 Å². The number of hydrogen-bond acceptors (Lipinski definition) is 9. The summed E-state index contributed by atoms with van der Waals surface area (Å²) in [5, 5.41) is 4.37. The molecule has 10 nitrogen and oxygen atoms in total. The van der Waals surface area contributed by atoms with Crippen LogP contribution >= 0.6 is 23.2 Å². The lowest BCUT2D eigenvalue weighted by Crippen LogP contribution is -2.08. The monoisotopic (exact) mass is 463 g/mol. The van der Waals surface area contributed by atoms with Crippen LogP contribution in [-0.4, -0.2) is 37.9 Å². The van der Waals surface area contributed by atoms with Crippen LogP contribution in [0.15, 0.2) is 23.1 Å². The molecule has 152 valence electrons. The molecule has 0 spiro atoms. The van der Waals surface area contributed by atoms with Crippen molar-refractivity contribution >= 4 is 56.5 Å². The summed E-state index contributed by atoms with van der Waals surface area (Å²) in [6.45, 7) is 1.53. The number of aryl methyl sites for hydroxylation is 1. The topological polar surface area (TPSA) is 143 Å². The molecule has 0 unspecified atom stereocenters. The Bertz CT molecular complexity index is 1190. The largest absolute Gasteiger partial charge is 0.339 e. The van der Waals surface area contributed by atoms with E-state index in [-0.39, 0.29) is 28.4 Å². The summed E-state index contributed by atoms with van der Waals surface area (Å²) in [4.78, 5) is 17.2. The lowest BCUT2D eigenvalue weighted by Gasteiger charge is -2.13. The van der Waals surface area contributed by atoms with Gasteiger partial charge >= 0.3 is 6.08 Å². The van der Waals surface area contributed by atoms with Gasteiger partial charge in [-0.25, -0.2) is 4.98 Å². The highest BCUT2D eigenvalue weighted by Gasteiger charge is 2.19. The van der Waals surface area contributed by atoms with Gasteiger partial charge in [0.15, 0.2) is 5.82 Å². The molecule has 0 aliphatic heterocycles. The van der Waals surface area contributed by atoms with Gasteiger partial charge in [0.1, 0.15) is 15.7 Å². The molecular weight excluding hydrogens is 455 g/mol. The average Bonchev–Trinajstić information content (AvgIpc) is 2.57. The highest BCUT2D eigenvalue weighted by Crippen LogP contribution is 2.31. The normalized spacial score (nSPS) is 11.4. The van der Waals surface area contributed by atoms with Gasteiger partial charge in [0.25, 0.3) is 10.1 Å². The molecule has 0 bridgehead atoms. The summed E-state index contributed by atoms with van der Waals surface area (Å²) in [5.41, 5.74) is -0.0681. The number of nitrogens with zero attached hydrogens (tertiary/aromatic N) is 5. The third kappa shape index (κ3) is 5.00. The quantitative estimate of drug-likeness (QED) is 0.292. The van der Waals surface area contributed by atoms with Crippen molar-refractivity contribution in [1.82, 2.24) is 24.9 Å². The van der Waals surface area contributed by atoms with Gasteiger partial charge in [0.2, 0.25) is 17.2 Å². The van der Waals surface area contributed by atoms with Crippen LogP contribution in [0.4, 0.5) is 31.9 Å². The zero-order valence-electron chi connectivity index (χ0n) is 14.2. The summed E-state index contributed by atoms with van der Waals surface area (Å²) in [6, 6.07) is 3.41. The van der Waals surface area contributed by atoms with Crippen molar-refractivity contribution in [2.24, 2.45) is 0 Å². The van der Waals surface area contributed by atoms with Gasteiger partial charge in [0.05, 0.1) is 5.69 Å². The minimum Gasteiger partial charge on any atom is -0.339 e. The first-order valence-corrected chi connectivity index (χ1v) is 9.65. The number of rotatable bonds is 5. The molecule has 29 heavy (non-hydrogen) atoms. The van der Waals surface area contributed by atoms with Crippen molar-refractivity contribution in [3.63, 3.8) is 0 Å². The summed E-state index contributed by atoms with van der Waals surface area (Å²) in [5.74, 6) is -1.55. The Hall–Kier alpha value is -2.74. The van der Waals surface area contributed by atoms with Crippen LogP contribution in [0.2, 0.25) is 10.3 Å². The van der Waals surface area contributed by atoms with E-state index in [2.05, 4.69) is 35.6 Å². The molecule has 0 aliphatic rings. The molecule has 0 saturated carbocycles. The van der Waals surface area contributed by atoms with Gasteiger partial charge in [-0.2, -0.15) is 37.1 Å². The Morgan fingerprint density at radius 2 is 1.76 bits per heavy atom. The van der Waals surface area contributed by atoms with Crippen LogP contribution < -0.4 is 10.6 Å². The predicted octanol–water partition coefficient (Wildman–Crippen LogP) is 3.29. The van der Waals surface area contributed by atoms with E-state index in [1.54, 1.807) is 0 Å². The molecule has 15 heteroatoms. The Morgan fingerprint density at radius 3 is 2.41 bits per heavy atom. The highest BCUT2D eigenvalue weighted by atomic mass is 35.5. The fraction of sp³-hybridized carbons (Fsp3) is 0.0714. The van der Waals surface area contributed by atoms with Gasteiger partial charge in [-0.3, -0.25) is 4.55 Å². The lowest BCUT2D eigenvalue weighted by molar-refractivity contribution is 0.483. The molecule has 0 atom stereocenters. The molecule has 2 heterocycles. The molecule has 0 aliphatic carbocycles. The molecule has 3 rings (SSSR count). The fourth-order valence-electron chi connectivity index (χ4n) is 2.17. The number of aromatic nitrogens is 5. The molecule has 0 fully saturated rings. The van der Waals surface area contributed by atoms with Crippen molar-refractivity contribution in [3.8, 4) is 0 Å². The van der Waals surface area contributed by atoms with Crippen LogP contribution in [0.1, 0.15) is 5.82 Å². The summed E-state index contributed by atoms with van der Waals surface area (Å²) < 4.78 is 59.5. The summed E-state index contributed by atoms with van der Waals surface area (Å²) in [7, 11) is -4.65. The van der Waals surface area contributed by atoms with Crippen molar-refractivity contribution in [1.29, 1.82) is 0 Å². The molecule has 1 aromatic carbocycles. The van der Waals surface area contributed by atoms with Gasteiger partial charge in [0, 0.05) is 5.69 Å². The van der Waals surface area contributed by atoms with Gasteiger partial charge in [-0.1, -0.05) is 11.6 Å². The number of anilines is 4. The SMILES string of the molecule is Cc1nc(Cl)nc(Nc2cc(Nc3nc(F)nc(F)c3Cl)ccc2S(=O)(=O)O)n1. The van der Waals surface area contributed by atoms with Crippen LogP contribution in [0, 0.1) is 18.9 Å². The fourth-order valence-corrected chi connectivity index (χ4v) is 3.13. The third-order valence-electron chi connectivity index (χ3n) is 3.27. The van der Waals surface area contributed by atoms with E-state index in [0.29, 0.717) is 0 Å². The summed E-state index contributed by atoms with van der Waals surface area (Å²) in [6.07, 6.45) is -1.36. The second-order valence-corrected chi connectivity index (χ2v) is 7.46. The van der Waals surface area contributed by atoms with Crippen LogP contribution in [0.3, 0.4) is 0 Å². The van der Waals surface area contributed by atoms with E-state index in [4.69, 9.17) is 23.2 Å². The van der Waals surface area contributed by atoms with Crippen LogP contribution in [-0.2, 0) is 10.1 Å². The lowest BCUT2D eigenvalue weighted by atomic mass is 10.2. The van der Waals surface area contributed by atoms with Crippen LogP contribution in [0.5, 0.6) is 0 Å². The van der Waals surface area contributed by atoms with Crippen LogP contribution in [0.25, 0.3) is 0 Å². The molecule has 0 amide bonds. The Kier molecular flexibility index (Phi) is 5.75. The molecule has 3 N–H and O–H groups in total. The third-order valence-corrected chi connectivity index (χ3v) is 4.69. The minimum absolute atomic E-state index is 0.108. The maximum Gasteiger partial charge on any atom is 0.313 e. The Morgan fingerprint density at radius 1 is 1.03 bits per heavy atom. The smallest absolute Gasteiger partial charge is 0.313 e. The summed E-state index contributed by atoms with van der Waals surface area (Å²) >= 11 is 11.5. The second-order valence-electron chi connectivity index (χ2n) is 5.36. The van der Waals surface area contributed by atoms with Crippen molar-refractivity contribution in [2.45, 2.75) is 11.8 Å². The second kappa shape index (κ2) is 7.94. The van der Waals surface area contributed by atoms with Crippen molar-refractivity contribution in [3.05, 3.63) is 46.4 Å². The average molecular weight is 464 g/mol. The number of hydrogen-bond donors (Lipinski definition) is 3. The molecule has 2 aromatic heterocycles. The number of halogens is 4. The van der Waals surface area contributed by atoms with E-state index in [0.717, 1.165) is 6.07 Å². The Labute approximate surface area is 172 Å². The van der Waals surface area contributed by atoms with Gasteiger partial charge in [-0.15, -0.1) is 0 Å². The van der Waals surface area contributed by atoms with Gasteiger partial charge in [-0.05, 0) is 36.7 Å². The zero-order valence-corrected chi connectivity index (χ0v) is 16.5. The Balaban J connectivity index is 2.04. The predicted molar refractivity (Wildman–Crippen MR) is 99.4 cm³/mol. The maximum absolute atomic E-state index is 13.5. The van der Waals surface area contributed by atoms with E-state index < -0.39 is 37.9 Å². The molecule has 3 aromatic rings. The molecule has 0 saturated heterocycles. The first-order valence-electron chi connectivity index (χ1n) is 7.45. The first-order chi connectivity index (χ1) is 13.5. The maximum atomic E-state index is 13.5. The number of nitrogens with one attached hydrogen (secondary N) is 2.